The predicted molar refractivity (Wildman–Crippen MR) is 110 cm³/mol. The summed E-state index contributed by atoms with van der Waals surface area (Å²) in [6.07, 6.45) is 1.87. The minimum absolute atomic E-state index is 0.0173. The van der Waals surface area contributed by atoms with Gasteiger partial charge >= 0.3 is 0 Å². The van der Waals surface area contributed by atoms with Crippen molar-refractivity contribution in [1.82, 2.24) is 14.7 Å². The minimum Gasteiger partial charge on any atom is -0.376 e. The molecule has 1 saturated heterocycles. The molecule has 8 nitrogen and oxygen atoms in total. The van der Waals surface area contributed by atoms with E-state index in [0.717, 1.165) is 12.8 Å². The summed E-state index contributed by atoms with van der Waals surface area (Å²) in [7, 11) is 0. The number of para-hydroxylation sites is 1. The number of aryl methyl sites for hydroxylation is 1. The minimum atomic E-state index is -0.496. The molecule has 1 N–H and O–H groups in total. The van der Waals surface area contributed by atoms with Gasteiger partial charge in [-0.2, -0.15) is 0 Å². The highest BCUT2D eigenvalue weighted by molar-refractivity contribution is 8.00. The molecule has 1 amide bonds. The molecule has 2 aromatic heterocycles. The molecular weight excluding hydrogens is 392 g/mol. The van der Waals surface area contributed by atoms with Crippen molar-refractivity contribution in [2.75, 3.05) is 11.9 Å². The molecule has 0 saturated carbocycles. The van der Waals surface area contributed by atoms with Crippen molar-refractivity contribution in [2.24, 2.45) is 0 Å². The van der Waals surface area contributed by atoms with Crippen molar-refractivity contribution in [3.8, 4) is 0 Å². The summed E-state index contributed by atoms with van der Waals surface area (Å²) in [5.41, 5.74) is 1.18. The summed E-state index contributed by atoms with van der Waals surface area (Å²) in [6.45, 7) is 4.67. The molecule has 152 valence electrons. The molecular formula is C20H22N4O4S. The van der Waals surface area contributed by atoms with Crippen molar-refractivity contribution in [3.05, 3.63) is 46.4 Å². The van der Waals surface area contributed by atoms with Gasteiger partial charge in [0, 0.05) is 12.7 Å². The Balaban J connectivity index is 1.62. The average molecular weight is 414 g/mol. The fourth-order valence-corrected chi connectivity index (χ4v) is 4.17. The largest absolute Gasteiger partial charge is 0.376 e. The van der Waals surface area contributed by atoms with Crippen molar-refractivity contribution in [3.63, 3.8) is 0 Å². The lowest BCUT2D eigenvalue weighted by Gasteiger charge is -2.18. The molecule has 4 rings (SSSR count). The van der Waals surface area contributed by atoms with Crippen LogP contribution < -0.4 is 10.9 Å². The number of amides is 1. The third kappa shape index (κ3) is 4.35. The zero-order chi connectivity index (χ0) is 20.4. The van der Waals surface area contributed by atoms with Gasteiger partial charge in [-0.1, -0.05) is 29.1 Å². The number of nitrogens with zero attached hydrogens (tertiary/aromatic N) is 3. The number of carbonyl (C=O) groups is 1. The zero-order valence-corrected chi connectivity index (χ0v) is 17.1. The molecule has 0 radical (unpaired) electrons. The zero-order valence-electron chi connectivity index (χ0n) is 16.3. The van der Waals surface area contributed by atoms with E-state index in [1.54, 1.807) is 36.6 Å². The number of hydrogen-bond donors (Lipinski definition) is 1. The van der Waals surface area contributed by atoms with E-state index < -0.39 is 5.25 Å². The SMILES string of the molecule is Cc1cc(NC(=O)[C@@H](C)Sc2nc3ccccc3c(=O)n2C[C@H]2CCCO2)on1. The maximum Gasteiger partial charge on any atom is 0.262 e. The predicted octanol–water partition coefficient (Wildman–Crippen LogP) is 2.99. The van der Waals surface area contributed by atoms with Crippen molar-refractivity contribution in [2.45, 2.75) is 49.7 Å². The van der Waals surface area contributed by atoms with Crippen LogP contribution >= 0.6 is 11.8 Å². The van der Waals surface area contributed by atoms with Gasteiger partial charge in [-0.3, -0.25) is 19.5 Å². The molecule has 1 fully saturated rings. The molecule has 3 aromatic rings. The molecule has 1 aromatic carbocycles. The first-order valence-electron chi connectivity index (χ1n) is 9.53. The fourth-order valence-electron chi connectivity index (χ4n) is 3.25. The van der Waals surface area contributed by atoms with Gasteiger partial charge in [0.25, 0.3) is 5.56 Å². The van der Waals surface area contributed by atoms with Gasteiger partial charge in [0.05, 0.1) is 34.5 Å². The van der Waals surface area contributed by atoms with Crippen LogP contribution in [0.15, 0.2) is 44.8 Å². The topological polar surface area (TPSA) is 99.2 Å². The Morgan fingerprint density at radius 1 is 1.41 bits per heavy atom. The first-order chi connectivity index (χ1) is 14.0. The van der Waals surface area contributed by atoms with Crippen molar-refractivity contribution < 1.29 is 14.1 Å². The normalized spacial score (nSPS) is 17.5. The van der Waals surface area contributed by atoms with Gasteiger partial charge in [0.15, 0.2) is 5.16 Å². The van der Waals surface area contributed by atoms with Crippen molar-refractivity contribution >= 4 is 34.5 Å². The van der Waals surface area contributed by atoms with Crippen LogP contribution in [0.25, 0.3) is 10.9 Å². The third-order valence-electron chi connectivity index (χ3n) is 4.76. The highest BCUT2D eigenvalue weighted by Gasteiger charge is 2.23. The molecule has 2 atom stereocenters. The van der Waals surface area contributed by atoms with Crippen LogP contribution in [-0.4, -0.2) is 38.6 Å². The van der Waals surface area contributed by atoms with Crippen LogP contribution in [0, 0.1) is 6.92 Å². The number of thioether (sulfide) groups is 1. The maximum absolute atomic E-state index is 13.1. The van der Waals surface area contributed by atoms with E-state index in [4.69, 9.17) is 9.26 Å². The quantitative estimate of drug-likeness (QED) is 0.489. The number of ether oxygens (including phenoxy) is 1. The van der Waals surface area contributed by atoms with Crippen LogP contribution in [0.3, 0.4) is 0 Å². The Kier molecular flexibility index (Phi) is 5.68. The van der Waals surface area contributed by atoms with Gasteiger partial charge in [-0.15, -0.1) is 0 Å². The van der Waals surface area contributed by atoms with Crippen LogP contribution in [-0.2, 0) is 16.1 Å². The van der Waals surface area contributed by atoms with Crippen LogP contribution in [0.4, 0.5) is 5.88 Å². The molecule has 0 bridgehead atoms. The molecule has 1 aliphatic heterocycles. The summed E-state index contributed by atoms with van der Waals surface area (Å²) in [6, 6.07) is 8.89. The Bertz CT molecular complexity index is 1090. The molecule has 0 aliphatic carbocycles. The van der Waals surface area contributed by atoms with E-state index in [0.29, 0.717) is 40.8 Å². The molecule has 9 heteroatoms. The average Bonchev–Trinajstić information content (AvgIpc) is 3.36. The molecule has 1 aliphatic rings. The van der Waals surface area contributed by atoms with Crippen LogP contribution in [0.1, 0.15) is 25.5 Å². The summed E-state index contributed by atoms with van der Waals surface area (Å²) in [4.78, 5) is 30.3. The molecule has 0 spiro atoms. The van der Waals surface area contributed by atoms with Gasteiger partial charge in [0.2, 0.25) is 11.8 Å². The first kappa shape index (κ1) is 19.7. The number of benzene rings is 1. The summed E-state index contributed by atoms with van der Waals surface area (Å²) >= 11 is 1.24. The second-order valence-corrected chi connectivity index (χ2v) is 8.35. The summed E-state index contributed by atoms with van der Waals surface area (Å²) < 4.78 is 12.4. The lowest BCUT2D eigenvalue weighted by molar-refractivity contribution is -0.115. The molecule has 29 heavy (non-hydrogen) atoms. The number of hydrogen-bond acceptors (Lipinski definition) is 7. The van der Waals surface area contributed by atoms with Gasteiger partial charge in [-0.25, -0.2) is 4.98 Å². The number of carbonyl (C=O) groups excluding carboxylic acids is 1. The van der Waals surface area contributed by atoms with E-state index >= 15 is 0 Å². The number of rotatable bonds is 6. The monoisotopic (exact) mass is 414 g/mol. The lowest BCUT2D eigenvalue weighted by atomic mass is 10.2. The Morgan fingerprint density at radius 3 is 2.97 bits per heavy atom. The lowest BCUT2D eigenvalue weighted by Crippen LogP contribution is -2.30. The summed E-state index contributed by atoms with van der Waals surface area (Å²) in [5.74, 6) is 0.0420. The second kappa shape index (κ2) is 8.38. The van der Waals surface area contributed by atoms with E-state index in [1.807, 2.05) is 12.1 Å². The van der Waals surface area contributed by atoms with E-state index in [9.17, 15) is 9.59 Å². The van der Waals surface area contributed by atoms with Gasteiger partial charge in [-0.05, 0) is 38.8 Å². The van der Waals surface area contributed by atoms with Crippen molar-refractivity contribution in [1.29, 1.82) is 0 Å². The molecule has 0 unspecified atom stereocenters. The Hall–Kier alpha value is -2.65. The number of aromatic nitrogens is 3. The van der Waals surface area contributed by atoms with Gasteiger partial charge in [0.1, 0.15) is 0 Å². The highest BCUT2D eigenvalue weighted by Crippen LogP contribution is 2.25. The van der Waals surface area contributed by atoms with Gasteiger partial charge < -0.3 is 9.26 Å². The standard InChI is InChI=1S/C20H22N4O4S/c1-12-10-17(28-23-12)22-18(25)13(2)29-20-21-16-8-4-3-7-15(16)19(26)24(20)11-14-6-5-9-27-14/h3-4,7-8,10,13-14H,5-6,9,11H2,1-2H3,(H,22,25)/t13-,14-/m1/s1. The Morgan fingerprint density at radius 2 is 2.24 bits per heavy atom. The highest BCUT2D eigenvalue weighted by atomic mass is 32.2. The Labute approximate surface area is 171 Å². The van der Waals surface area contributed by atoms with E-state index in [2.05, 4.69) is 15.5 Å². The number of fused-ring (bicyclic) bond motifs is 1. The number of nitrogens with one attached hydrogen (secondary N) is 1. The molecule has 3 heterocycles. The van der Waals surface area contributed by atoms with Crippen LogP contribution in [0.5, 0.6) is 0 Å². The first-order valence-corrected chi connectivity index (χ1v) is 10.4. The van der Waals surface area contributed by atoms with Crippen LogP contribution in [0.2, 0.25) is 0 Å². The van der Waals surface area contributed by atoms with E-state index in [1.165, 1.54) is 11.8 Å². The number of anilines is 1. The fraction of sp³-hybridized carbons (Fsp3) is 0.400. The maximum atomic E-state index is 13.1. The second-order valence-electron chi connectivity index (χ2n) is 7.04. The smallest absolute Gasteiger partial charge is 0.262 e. The summed E-state index contributed by atoms with van der Waals surface area (Å²) in [5, 5.41) is 7.02. The van der Waals surface area contributed by atoms with E-state index in [-0.39, 0.29) is 17.6 Å². The third-order valence-corrected chi connectivity index (χ3v) is 5.85.